The number of carbonyl (C=O) groups excluding carboxylic acids is 1. The molecule has 0 aliphatic carbocycles. The van der Waals surface area contributed by atoms with Crippen LogP contribution in [-0.2, 0) is 9.59 Å². The Morgan fingerprint density at radius 2 is 1.93 bits per heavy atom. The van der Waals surface area contributed by atoms with Gasteiger partial charge in [0.25, 0.3) is 0 Å². The maximum absolute atomic E-state index is 10.7. The van der Waals surface area contributed by atoms with E-state index in [-0.39, 0.29) is 12.5 Å². The van der Waals surface area contributed by atoms with Gasteiger partial charge in [-0.2, -0.15) is 0 Å². The molecule has 0 aliphatic rings. The summed E-state index contributed by atoms with van der Waals surface area (Å²) in [6.45, 7) is 6.05. The van der Waals surface area contributed by atoms with Crippen LogP contribution >= 0.6 is 0 Å². The minimum Gasteiger partial charge on any atom is -0.480 e. The van der Waals surface area contributed by atoms with Gasteiger partial charge in [0.1, 0.15) is 6.04 Å². The zero-order chi connectivity index (χ0) is 11.8. The van der Waals surface area contributed by atoms with Gasteiger partial charge in [-0.05, 0) is 13.8 Å². The third-order valence-electron chi connectivity index (χ3n) is 1.68. The molecule has 15 heavy (non-hydrogen) atoms. The van der Waals surface area contributed by atoms with Crippen molar-refractivity contribution in [2.75, 3.05) is 13.1 Å². The second-order valence-electron chi connectivity index (χ2n) is 3.53. The van der Waals surface area contributed by atoms with E-state index in [0.29, 0.717) is 6.54 Å². The molecule has 0 aromatic rings. The SMILES string of the molecule is CC(=O)NC(CNCC=C(C)C)C(=O)O. The minimum atomic E-state index is -1.03. The van der Waals surface area contributed by atoms with Gasteiger partial charge in [0.2, 0.25) is 5.91 Å². The predicted molar refractivity (Wildman–Crippen MR) is 57.5 cm³/mol. The zero-order valence-corrected chi connectivity index (χ0v) is 9.33. The van der Waals surface area contributed by atoms with E-state index in [1.807, 2.05) is 19.9 Å². The van der Waals surface area contributed by atoms with Crippen LogP contribution in [-0.4, -0.2) is 36.1 Å². The predicted octanol–water partition coefficient (Wildman–Crippen LogP) is 0.131. The first-order chi connectivity index (χ1) is 6.93. The molecule has 0 bridgehead atoms. The molecule has 5 heteroatoms. The summed E-state index contributed by atoms with van der Waals surface area (Å²) in [5.74, 6) is -1.37. The van der Waals surface area contributed by atoms with E-state index < -0.39 is 12.0 Å². The van der Waals surface area contributed by atoms with Crippen molar-refractivity contribution in [1.82, 2.24) is 10.6 Å². The van der Waals surface area contributed by atoms with Gasteiger partial charge in [-0.3, -0.25) is 4.79 Å². The molecule has 0 radical (unpaired) electrons. The van der Waals surface area contributed by atoms with E-state index >= 15 is 0 Å². The minimum absolute atomic E-state index is 0.221. The van der Waals surface area contributed by atoms with Gasteiger partial charge in [-0.1, -0.05) is 11.6 Å². The molecular weight excluding hydrogens is 196 g/mol. The molecule has 0 spiro atoms. The van der Waals surface area contributed by atoms with Crippen LogP contribution in [0.2, 0.25) is 0 Å². The first-order valence-corrected chi connectivity index (χ1v) is 4.77. The number of nitrogens with one attached hydrogen (secondary N) is 2. The first-order valence-electron chi connectivity index (χ1n) is 4.77. The van der Waals surface area contributed by atoms with Gasteiger partial charge in [0.05, 0.1) is 0 Å². The lowest BCUT2D eigenvalue weighted by Crippen LogP contribution is -2.46. The Labute approximate surface area is 89.6 Å². The second-order valence-corrected chi connectivity index (χ2v) is 3.53. The van der Waals surface area contributed by atoms with E-state index in [2.05, 4.69) is 10.6 Å². The third kappa shape index (κ3) is 7.69. The number of aliphatic carboxylic acids is 1. The lowest BCUT2D eigenvalue weighted by molar-refractivity contribution is -0.141. The van der Waals surface area contributed by atoms with Gasteiger partial charge in [-0.15, -0.1) is 0 Å². The molecule has 0 saturated heterocycles. The Hall–Kier alpha value is -1.36. The summed E-state index contributed by atoms with van der Waals surface area (Å²) in [5.41, 5.74) is 1.16. The molecule has 0 aromatic heterocycles. The summed E-state index contributed by atoms with van der Waals surface area (Å²) in [7, 11) is 0. The first kappa shape index (κ1) is 13.6. The van der Waals surface area contributed by atoms with Crippen LogP contribution in [0.1, 0.15) is 20.8 Å². The second kappa shape index (κ2) is 7.00. The molecule has 86 valence electrons. The number of carbonyl (C=O) groups is 2. The van der Waals surface area contributed by atoms with E-state index in [0.717, 1.165) is 5.57 Å². The van der Waals surface area contributed by atoms with Crippen LogP contribution in [0.3, 0.4) is 0 Å². The largest absolute Gasteiger partial charge is 0.480 e. The van der Waals surface area contributed by atoms with Gasteiger partial charge in [0.15, 0.2) is 0 Å². The van der Waals surface area contributed by atoms with Crippen molar-refractivity contribution in [3.63, 3.8) is 0 Å². The summed E-state index contributed by atoms with van der Waals surface area (Å²) in [6, 6.07) is -0.868. The molecule has 1 atom stereocenters. The topological polar surface area (TPSA) is 78.4 Å². The molecule has 0 heterocycles. The van der Waals surface area contributed by atoms with Gasteiger partial charge in [-0.25, -0.2) is 4.79 Å². The Kier molecular flexibility index (Phi) is 6.37. The van der Waals surface area contributed by atoms with Crippen molar-refractivity contribution >= 4 is 11.9 Å². The standard InChI is InChI=1S/C10H18N2O3/c1-7(2)4-5-11-6-9(10(14)15)12-8(3)13/h4,9,11H,5-6H2,1-3H3,(H,12,13)(H,14,15). The molecule has 1 amide bonds. The highest BCUT2D eigenvalue weighted by atomic mass is 16.4. The number of rotatable bonds is 6. The maximum Gasteiger partial charge on any atom is 0.327 e. The summed E-state index contributed by atoms with van der Waals surface area (Å²) >= 11 is 0. The smallest absolute Gasteiger partial charge is 0.327 e. The molecule has 0 aromatic carbocycles. The number of hydrogen-bond donors (Lipinski definition) is 3. The van der Waals surface area contributed by atoms with Crippen LogP contribution in [0.5, 0.6) is 0 Å². The van der Waals surface area contributed by atoms with E-state index in [9.17, 15) is 9.59 Å². The van der Waals surface area contributed by atoms with Crippen molar-refractivity contribution in [3.05, 3.63) is 11.6 Å². The molecule has 5 nitrogen and oxygen atoms in total. The average Bonchev–Trinajstić information content (AvgIpc) is 2.08. The quantitative estimate of drug-likeness (QED) is 0.434. The highest BCUT2D eigenvalue weighted by Gasteiger charge is 2.16. The number of allylic oxidation sites excluding steroid dienone is 1. The summed E-state index contributed by atoms with van der Waals surface area (Å²) in [5, 5.41) is 14.0. The van der Waals surface area contributed by atoms with Crippen molar-refractivity contribution in [3.8, 4) is 0 Å². The molecular formula is C10H18N2O3. The van der Waals surface area contributed by atoms with Gasteiger partial charge in [0, 0.05) is 20.0 Å². The fraction of sp³-hybridized carbons (Fsp3) is 0.600. The fourth-order valence-corrected chi connectivity index (χ4v) is 0.949. The molecule has 0 saturated carbocycles. The molecule has 0 aliphatic heterocycles. The van der Waals surface area contributed by atoms with Crippen molar-refractivity contribution in [2.24, 2.45) is 0 Å². The van der Waals surface area contributed by atoms with Crippen LogP contribution in [0.15, 0.2) is 11.6 Å². The Balaban J connectivity index is 3.92. The summed E-state index contributed by atoms with van der Waals surface area (Å²) < 4.78 is 0. The Bertz CT molecular complexity index is 257. The molecule has 3 N–H and O–H groups in total. The average molecular weight is 214 g/mol. The maximum atomic E-state index is 10.7. The zero-order valence-electron chi connectivity index (χ0n) is 9.33. The normalized spacial score (nSPS) is 11.7. The van der Waals surface area contributed by atoms with Crippen LogP contribution in [0.25, 0.3) is 0 Å². The number of carboxylic acids is 1. The van der Waals surface area contributed by atoms with E-state index in [4.69, 9.17) is 5.11 Å². The highest BCUT2D eigenvalue weighted by Crippen LogP contribution is 1.87. The van der Waals surface area contributed by atoms with E-state index in [1.165, 1.54) is 6.92 Å². The number of hydrogen-bond acceptors (Lipinski definition) is 3. The highest BCUT2D eigenvalue weighted by molar-refractivity contribution is 5.82. The Morgan fingerprint density at radius 3 is 2.33 bits per heavy atom. The summed E-state index contributed by atoms with van der Waals surface area (Å²) in [4.78, 5) is 21.4. The van der Waals surface area contributed by atoms with E-state index in [1.54, 1.807) is 0 Å². The molecule has 0 fully saturated rings. The third-order valence-corrected chi connectivity index (χ3v) is 1.68. The van der Waals surface area contributed by atoms with Crippen molar-refractivity contribution in [2.45, 2.75) is 26.8 Å². The van der Waals surface area contributed by atoms with Crippen LogP contribution < -0.4 is 10.6 Å². The van der Waals surface area contributed by atoms with Crippen molar-refractivity contribution < 1.29 is 14.7 Å². The van der Waals surface area contributed by atoms with Crippen LogP contribution in [0, 0.1) is 0 Å². The van der Waals surface area contributed by atoms with Gasteiger partial charge < -0.3 is 15.7 Å². The van der Waals surface area contributed by atoms with Crippen molar-refractivity contribution in [1.29, 1.82) is 0 Å². The number of carboxylic acid groups (broad SMARTS) is 1. The number of amides is 1. The lowest BCUT2D eigenvalue weighted by Gasteiger charge is -2.13. The Morgan fingerprint density at radius 1 is 1.33 bits per heavy atom. The van der Waals surface area contributed by atoms with Crippen LogP contribution in [0.4, 0.5) is 0 Å². The lowest BCUT2D eigenvalue weighted by atomic mass is 10.3. The monoisotopic (exact) mass is 214 g/mol. The summed E-state index contributed by atoms with van der Waals surface area (Å²) in [6.07, 6.45) is 1.95. The fourth-order valence-electron chi connectivity index (χ4n) is 0.949. The molecule has 0 rings (SSSR count). The van der Waals surface area contributed by atoms with Gasteiger partial charge >= 0.3 is 5.97 Å². The molecule has 1 unspecified atom stereocenters.